The topological polar surface area (TPSA) is 51.8 Å². The summed E-state index contributed by atoms with van der Waals surface area (Å²) in [5.74, 6) is 1.75. The first kappa shape index (κ1) is 15.1. The number of ether oxygens (including phenoxy) is 3. The molecular weight excluding hydrogens is 256 g/mol. The van der Waals surface area contributed by atoms with E-state index in [2.05, 4.69) is 16.7 Å². The van der Waals surface area contributed by atoms with Gasteiger partial charge in [-0.15, -0.1) is 0 Å². The Morgan fingerprint density at radius 1 is 1.10 bits per heavy atom. The van der Waals surface area contributed by atoms with Gasteiger partial charge >= 0.3 is 0 Å². The Morgan fingerprint density at radius 2 is 1.95 bits per heavy atom. The molecule has 0 aromatic heterocycles. The van der Waals surface area contributed by atoms with Crippen LogP contribution >= 0.6 is 0 Å². The van der Waals surface area contributed by atoms with Crippen LogP contribution in [0.25, 0.3) is 0 Å². The molecule has 0 radical (unpaired) electrons. The summed E-state index contributed by atoms with van der Waals surface area (Å²) >= 11 is 0. The third-order valence-electron chi connectivity index (χ3n) is 3.15. The van der Waals surface area contributed by atoms with Crippen LogP contribution in [0.3, 0.4) is 0 Å². The van der Waals surface area contributed by atoms with Crippen molar-refractivity contribution in [3.63, 3.8) is 0 Å². The molecular formula is C15H24N2O3. The molecule has 0 saturated carbocycles. The number of benzene rings is 1. The van der Waals surface area contributed by atoms with Crippen LogP contribution in [0.1, 0.15) is 12.0 Å². The SMILES string of the molecule is COCCNCCCNCc1cccc2c1OCCO2. The van der Waals surface area contributed by atoms with E-state index in [1.54, 1.807) is 7.11 Å². The van der Waals surface area contributed by atoms with Gasteiger partial charge in [0.05, 0.1) is 6.61 Å². The number of methoxy groups -OCH3 is 1. The van der Waals surface area contributed by atoms with E-state index in [0.29, 0.717) is 13.2 Å². The molecule has 112 valence electrons. The number of nitrogens with one attached hydrogen (secondary N) is 2. The van der Waals surface area contributed by atoms with Crippen LogP contribution in [-0.4, -0.2) is 46.6 Å². The highest BCUT2D eigenvalue weighted by Gasteiger charge is 2.14. The lowest BCUT2D eigenvalue weighted by Crippen LogP contribution is -2.24. The third kappa shape index (κ3) is 4.67. The Balaban J connectivity index is 1.64. The molecule has 1 aromatic rings. The second kappa shape index (κ2) is 8.79. The summed E-state index contributed by atoms with van der Waals surface area (Å²) < 4.78 is 16.2. The van der Waals surface area contributed by atoms with E-state index in [1.165, 1.54) is 0 Å². The van der Waals surface area contributed by atoms with E-state index in [-0.39, 0.29) is 0 Å². The zero-order valence-corrected chi connectivity index (χ0v) is 12.1. The predicted molar refractivity (Wildman–Crippen MR) is 78.5 cm³/mol. The minimum atomic E-state index is 0.632. The van der Waals surface area contributed by atoms with Crippen molar-refractivity contribution in [1.82, 2.24) is 10.6 Å². The monoisotopic (exact) mass is 280 g/mol. The largest absolute Gasteiger partial charge is 0.486 e. The van der Waals surface area contributed by atoms with Crippen molar-refractivity contribution in [3.8, 4) is 11.5 Å². The Morgan fingerprint density at radius 3 is 2.85 bits per heavy atom. The van der Waals surface area contributed by atoms with Crippen molar-refractivity contribution in [3.05, 3.63) is 23.8 Å². The van der Waals surface area contributed by atoms with Gasteiger partial charge in [0.2, 0.25) is 0 Å². The van der Waals surface area contributed by atoms with E-state index in [1.807, 2.05) is 12.1 Å². The summed E-state index contributed by atoms with van der Waals surface area (Å²) in [5, 5.41) is 6.76. The molecule has 1 aliphatic heterocycles. The summed E-state index contributed by atoms with van der Waals surface area (Å²) in [6.45, 7) is 5.73. The molecule has 2 rings (SSSR count). The minimum Gasteiger partial charge on any atom is -0.486 e. The second-order valence-electron chi connectivity index (χ2n) is 4.71. The maximum Gasteiger partial charge on any atom is 0.165 e. The molecule has 0 saturated heterocycles. The lowest BCUT2D eigenvalue weighted by Gasteiger charge is -2.21. The summed E-state index contributed by atoms with van der Waals surface area (Å²) in [6.07, 6.45) is 1.09. The number of fused-ring (bicyclic) bond motifs is 1. The quantitative estimate of drug-likeness (QED) is 0.665. The number of hydrogen-bond donors (Lipinski definition) is 2. The highest BCUT2D eigenvalue weighted by molar-refractivity contribution is 5.47. The molecule has 1 aliphatic rings. The minimum absolute atomic E-state index is 0.632. The van der Waals surface area contributed by atoms with Crippen LogP contribution in [0.4, 0.5) is 0 Å². The smallest absolute Gasteiger partial charge is 0.165 e. The first-order chi connectivity index (χ1) is 9.92. The Bertz CT molecular complexity index is 399. The van der Waals surface area contributed by atoms with E-state index < -0.39 is 0 Å². The van der Waals surface area contributed by atoms with Crippen LogP contribution in [0.5, 0.6) is 11.5 Å². The van der Waals surface area contributed by atoms with Crippen molar-refractivity contribution in [2.75, 3.05) is 46.6 Å². The van der Waals surface area contributed by atoms with E-state index in [0.717, 1.165) is 56.3 Å². The van der Waals surface area contributed by atoms with E-state index in [9.17, 15) is 0 Å². The number of rotatable bonds is 9. The molecule has 1 aromatic carbocycles. The molecule has 0 atom stereocenters. The normalized spacial score (nSPS) is 13.4. The van der Waals surface area contributed by atoms with Gasteiger partial charge in [0.15, 0.2) is 11.5 Å². The molecule has 0 unspecified atom stereocenters. The van der Waals surface area contributed by atoms with Crippen molar-refractivity contribution in [2.45, 2.75) is 13.0 Å². The molecule has 1 heterocycles. The molecule has 2 N–H and O–H groups in total. The summed E-state index contributed by atoms with van der Waals surface area (Å²) in [5.41, 5.74) is 1.16. The zero-order valence-electron chi connectivity index (χ0n) is 12.1. The molecule has 0 bridgehead atoms. The highest BCUT2D eigenvalue weighted by atomic mass is 16.6. The van der Waals surface area contributed by atoms with Gasteiger partial charge in [0, 0.05) is 25.8 Å². The fourth-order valence-electron chi connectivity index (χ4n) is 2.13. The van der Waals surface area contributed by atoms with Gasteiger partial charge in [-0.3, -0.25) is 0 Å². The van der Waals surface area contributed by atoms with Crippen molar-refractivity contribution >= 4 is 0 Å². The molecule has 5 heteroatoms. The summed E-state index contributed by atoms with van der Waals surface area (Å²) in [6, 6.07) is 6.05. The van der Waals surface area contributed by atoms with Crippen LogP contribution in [0.2, 0.25) is 0 Å². The molecule has 0 spiro atoms. The van der Waals surface area contributed by atoms with Gasteiger partial charge < -0.3 is 24.8 Å². The summed E-state index contributed by atoms with van der Waals surface area (Å²) in [7, 11) is 1.72. The average Bonchev–Trinajstić information content (AvgIpc) is 2.50. The predicted octanol–water partition coefficient (Wildman–Crippen LogP) is 1.17. The lowest BCUT2D eigenvalue weighted by molar-refractivity contribution is 0.169. The van der Waals surface area contributed by atoms with Gasteiger partial charge in [-0.25, -0.2) is 0 Å². The van der Waals surface area contributed by atoms with Gasteiger partial charge in [-0.2, -0.15) is 0 Å². The van der Waals surface area contributed by atoms with Crippen molar-refractivity contribution in [2.24, 2.45) is 0 Å². The molecule has 0 fully saturated rings. The van der Waals surface area contributed by atoms with Crippen LogP contribution in [0, 0.1) is 0 Å². The van der Waals surface area contributed by atoms with Crippen LogP contribution in [0.15, 0.2) is 18.2 Å². The van der Waals surface area contributed by atoms with Crippen molar-refractivity contribution < 1.29 is 14.2 Å². The molecule has 0 amide bonds. The summed E-state index contributed by atoms with van der Waals surface area (Å²) in [4.78, 5) is 0. The molecule has 20 heavy (non-hydrogen) atoms. The average molecular weight is 280 g/mol. The highest BCUT2D eigenvalue weighted by Crippen LogP contribution is 2.33. The zero-order chi connectivity index (χ0) is 14.0. The van der Waals surface area contributed by atoms with Gasteiger partial charge in [-0.05, 0) is 25.6 Å². The van der Waals surface area contributed by atoms with Gasteiger partial charge in [0.1, 0.15) is 13.2 Å². The first-order valence-corrected chi connectivity index (χ1v) is 7.19. The Kier molecular flexibility index (Phi) is 6.63. The van der Waals surface area contributed by atoms with Crippen LogP contribution in [-0.2, 0) is 11.3 Å². The second-order valence-corrected chi connectivity index (χ2v) is 4.71. The number of para-hydroxylation sites is 1. The Labute approximate surface area is 120 Å². The van der Waals surface area contributed by atoms with Gasteiger partial charge in [-0.1, -0.05) is 12.1 Å². The van der Waals surface area contributed by atoms with E-state index in [4.69, 9.17) is 14.2 Å². The maximum atomic E-state index is 5.69. The van der Waals surface area contributed by atoms with Crippen LogP contribution < -0.4 is 20.1 Å². The molecule has 0 aliphatic carbocycles. The lowest BCUT2D eigenvalue weighted by atomic mass is 10.1. The third-order valence-corrected chi connectivity index (χ3v) is 3.15. The first-order valence-electron chi connectivity index (χ1n) is 7.19. The van der Waals surface area contributed by atoms with Crippen molar-refractivity contribution in [1.29, 1.82) is 0 Å². The van der Waals surface area contributed by atoms with E-state index >= 15 is 0 Å². The molecule has 5 nitrogen and oxygen atoms in total. The fraction of sp³-hybridized carbons (Fsp3) is 0.600. The fourth-order valence-corrected chi connectivity index (χ4v) is 2.13. The maximum absolute atomic E-state index is 5.69. The standard InChI is InChI=1S/C15H24N2O3/c1-18-9-8-16-6-3-7-17-12-13-4-2-5-14-15(13)20-11-10-19-14/h2,4-5,16-17H,3,6-12H2,1H3. The van der Waals surface area contributed by atoms with Gasteiger partial charge in [0.25, 0.3) is 0 Å². The Hall–Kier alpha value is -1.30. The number of hydrogen-bond acceptors (Lipinski definition) is 5.